The third-order valence-corrected chi connectivity index (χ3v) is 14.1. The average Bonchev–Trinajstić information content (AvgIpc) is 3.50. The van der Waals surface area contributed by atoms with E-state index in [4.69, 9.17) is 9.84 Å². The van der Waals surface area contributed by atoms with Gasteiger partial charge >= 0.3 is 0 Å². The summed E-state index contributed by atoms with van der Waals surface area (Å²) in [5, 5.41) is 6.49. The predicted molar refractivity (Wildman–Crippen MR) is 227 cm³/mol. The van der Waals surface area contributed by atoms with Gasteiger partial charge in [-0.05, 0) is 141 Å². The van der Waals surface area contributed by atoms with Crippen LogP contribution in [0.15, 0.2) is 42.6 Å². The summed E-state index contributed by atoms with van der Waals surface area (Å²) < 4.78 is 13.6. The van der Waals surface area contributed by atoms with Crippen molar-refractivity contribution in [3.05, 3.63) is 70.5 Å². The molecule has 2 aromatic carbocycles. The summed E-state index contributed by atoms with van der Waals surface area (Å²) in [5.41, 5.74) is 10.7. The van der Waals surface area contributed by atoms with Crippen molar-refractivity contribution in [1.29, 1.82) is 0 Å². The van der Waals surface area contributed by atoms with Crippen LogP contribution in [0.4, 0.5) is 0 Å². The highest BCUT2D eigenvalue weighted by molar-refractivity contribution is 7.98. The minimum Gasteiger partial charge on any atom is -0.497 e. The largest absolute Gasteiger partial charge is 0.497 e. The second-order valence-corrected chi connectivity index (χ2v) is 19.0. The van der Waals surface area contributed by atoms with Gasteiger partial charge in [-0.3, -0.25) is 23.9 Å². The van der Waals surface area contributed by atoms with Gasteiger partial charge in [0.15, 0.2) is 0 Å². The van der Waals surface area contributed by atoms with Crippen LogP contribution in [0, 0.1) is 12.8 Å². The minimum atomic E-state index is -0.0382. The zero-order valence-corrected chi connectivity index (χ0v) is 34.5. The molecule has 5 heterocycles. The number of methoxy groups -OCH3 is 1. The average molecular weight is 775 g/mol. The molecular weight excluding hydrogens is 717 g/mol. The Morgan fingerprint density at radius 2 is 1.79 bits per heavy atom. The number of hydrogen-bond donors (Lipinski definition) is 1. The molecule has 4 aromatic rings. The molecule has 2 atom stereocenters. The number of allylic oxidation sites excluding steroid dienone is 1. The molecule has 56 heavy (non-hydrogen) atoms. The van der Waals surface area contributed by atoms with Crippen LogP contribution >= 0.6 is 11.9 Å². The van der Waals surface area contributed by atoms with Crippen LogP contribution in [-0.2, 0) is 11.3 Å². The van der Waals surface area contributed by atoms with E-state index in [1.54, 1.807) is 7.11 Å². The van der Waals surface area contributed by atoms with E-state index in [0.717, 1.165) is 43.2 Å². The fourth-order valence-corrected chi connectivity index (χ4v) is 10.5. The molecular formula is C46H58N6O3S. The Morgan fingerprint density at radius 1 is 0.964 bits per heavy atom. The minimum absolute atomic E-state index is 0.0382. The molecule has 0 spiro atoms. The Hall–Kier alpha value is -4.02. The molecule has 3 aliphatic carbocycles. The maximum atomic E-state index is 13.3. The topological polar surface area (TPSA) is 84.6 Å². The van der Waals surface area contributed by atoms with Gasteiger partial charge < -0.3 is 14.2 Å². The van der Waals surface area contributed by atoms with E-state index in [9.17, 15) is 9.59 Å². The molecule has 5 fully saturated rings. The van der Waals surface area contributed by atoms with Gasteiger partial charge in [-0.1, -0.05) is 39.2 Å². The van der Waals surface area contributed by atoms with Gasteiger partial charge in [0, 0.05) is 59.0 Å². The van der Waals surface area contributed by atoms with Crippen LogP contribution in [-0.4, -0.2) is 80.5 Å². The molecule has 3 aliphatic heterocycles. The maximum Gasteiger partial charge on any atom is 0.261 e. The number of nitrogens with one attached hydrogen (secondary N) is 1. The van der Waals surface area contributed by atoms with Gasteiger partial charge in [-0.2, -0.15) is 5.10 Å². The number of fused-ring (bicyclic) bond motifs is 7. The second kappa shape index (κ2) is 15.7. The number of carbonyl (C=O) groups is 2. The summed E-state index contributed by atoms with van der Waals surface area (Å²) in [6.45, 7) is 10.5. The molecule has 10 rings (SSSR count). The number of aromatic nitrogens is 3. The normalized spacial score (nSPS) is 22.2. The zero-order valence-electron chi connectivity index (χ0n) is 33.6. The van der Waals surface area contributed by atoms with E-state index in [-0.39, 0.29) is 5.91 Å². The van der Waals surface area contributed by atoms with Crippen molar-refractivity contribution in [1.82, 2.24) is 28.9 Å². The van der Waals surface area contributed by atoms with Gasteiger partial charge in [0.1, 0.15) is 5.75 Å². The Labute approximate surface area is 336 Å². The molecule has 2 amide bonds. The highest BCUT2D eigenvalue weighted by Crippen LogP contribution is 2.48. The monoisotopic (exact) mass is 774 g/mol. The van der Waals surface area contributed by atoms with Crippen molar-refractivity contribution in [3.63, 3.8) is 0 Å². The summed E-state index contributed by atoms with van der Waals surface area (Å²) >= 11 is 1.47. The lowest BCUT2D eigenvalue weighted by molar-refractivity contribution is -0.120. The first-order valence-corrected chi connectivity index (χ1v) is 22.2. The van der Waals surface area contributed by atoms with Crippen LogP contribution in [0.25, 0.3) is 33.8 Å². The molecule has 9 nitrogen and oxygen atoms in total. The maximum absolute atomic E-state index is 13.3. The van der Waals surface area contributed by atoms with E-state index in [0.29, 0.717) is 34.9 Å². The number of benzene rings is 2. The number of piperazine rings is 1. The van der Waals surface area contributed by atoms with Crippen LogP contribution in [0.1, 0.15) is 129 Å². The molecule has 2 aromatic heterocycles. The first-order valence-electron chi connectivity index (χ1n) is 21.3. The summed E-state index contributed by atoms with van der Waals surface area (Å²) in [6.07, 6.45) is 19.4. The third kappa shape index (κ3) is 7.21. The first kappa shape index (κ1) is 37.6. The lowest BCUT2D eigenvalue weighted by Gasteiger charge is -2.31. The lowest BCUT2D eigenvalue weighted by Crippen LogP contribution is -2.46. The van der Waals surface area contributed by atoms with Crippen molar-refractivity contribution >= 4 is 46.8 Å². The van der Waals surface area contributed by atoms with Gasteiger partial charge in [-0.25, -0.2) is 0 Å². The van der Waals surface area contributed by atoms with Crippen LogP contribution in [0.3, 0.4) is 0 Å². The number of hydrogen-bond acceptors (Lipinski definition) is 6. The Bertz CT molecular complexity index is 2140. The number of ether oxygens (including phenoxy) is 1. The lowest BCUT2D eigenvalue weighted by atomic mass is 9.81. The third-order valence-electron chi connectivity index (χ3n) is 13.4. The number of rotatable bonds is 10. The van der Waals surface area contributed by atoms with Crippen molar-refractivity contribution in [3.8, 4) is 17.0 Å². The van der Waals surface area contributed by atoms with Crippen molar-refractivity contribution < 1.29 is 14.3 Å². The predicted octanol–water partition coefficient (Wildman–Crippen LogP) is 9.25. The quantitative estimate of drug-likeness (QED) is 0.128. The summed E-state index contributed by atoms with van der Waals surface area (Å²) in [7, 11) is 1.74. The smallest absolute Gasteiger partial charge is 0.261 e. The molecule has 2 saturated heterocycles. The van der Waals surface area contributed by atoms with Crippen molar-refractivity contribution in [2.75, 3.05) is 26.7 Å². The van der Waals surface area contributed by atoms with Crippen LogP contribution < -0.4 is 9.46 Å². The molecule has 0 radical (unpaired) electrons. The van der Waals surface area contributed by atoms with Crippen molar-refractivity contribution in [2.24, 2.45) is 5.92 Å². The van der Waals surface area contributed by atoms with E-state index in [2.05, 4.69) is 76.0 Å². The van der Waals surface area contributed by atoms with Gasteiger partial charge in [-0.15, -0.1) is 0 Å². The Kier molecular flexibility index (Phi) is 10.5. The van der Waals surface area contributed by atoms with Crippen LogP contribution in [0.5, 0.6) is 5.75 Å². The number of carbonyl (C=O) groups excluding carboxylic acids is 2. The molecule has 10 heteroatoms. The molecule has 2 unspecified atom stereocenters. The van der Waals surface area contributed by atoms with Gasteiger partial charge in [0.2, 0.25) is 6.41 Å². The second-order valence-electron chi connectivity index (χ2n) is 17.6. The summed E-state index contributed by atoms with van der Waals surface area (Å²) in [4.78, 5) is 28.5. The molecule has 3 saturated carbocycles. The Balaban J connectivity index is 0.000000264. The van der Waals surface area contributed by atoms with Gasteiger partial charge in [0.25, 0.3) is 5.91 Å². The highest BCUT2D eigenvalue weighted by Gasteiger charge is 2.44. The summed E-state index contributed by atoms with van der Waals surface area (Å²) in [5.74, 6) is 2.32. The highest BCUT2D eigenvalue weighted by atomic mass is 32.2. The Morgan fingerprint density at radius 3 is 2.46 bits per heavy atom. The fourth-order valence-electron chi connectivity index (χ4n) is 10.1. The van der Waals surface area contributed by atoms with Crippen molar-refractivity contribution in [2.45, 2.75) is 127 Å². The summed E-state index contributed by atoms with van der Waals surface area (Å²) in [6, 6.07) is 14.6. The number of aryl methyl sites for hydroxylation is 1. The SMILES string of the molecule is COc1ccc2c(c1)C=C(c1c(C)cnn1C1CCC1)Cn1c-2c(C2CCCCC2)c2ccc(C(=O)NSC(C)C)cc21.O=CN1CC2CC1CN2CC1CC1. The number of likely N-dealkylation sites (tertiary alicyclic amines) is 2. The van der Waals surface area contributed by atoms with Gasteiger partial charge in [0.05, 0.1) is 37.3 Å². The standard InChI is InChI=1S/C36H42N4O2S.C10H16N2O/c1-22(2)43-38-36(41)25-13-15-31-32(19-25)39-21-27(34-23(3)20-37-40(34)28-11-8-12-28)17-26-18-29(42-4)14-16-30(26)35(39)33(31)24-9-6-5-7-10-24;13-7-12-6-9-3-10(12)5-11(9)4-8-1-2-8/h13-20,22,24,28H,5-12,21H2,1-4H3,(H,38,41);7-10H,1-6H2. The van der Waals surface area contributed by atoms with E-state index in [1.807, 2.05) is 17.2 Å². The number of nitrogens with zero attached hydrogens (tertiary/aromatic N) is 5. The molecule has 296 valence electrons. The molecule has 6 aliphatic rings. The van der Waals surface area contributed by atoms with E-state index in [1.165, 1.54) is 134 Å². The zero-order chi connectivity index (χ0) is 38.5. The molecule has 1 N–H and O–H groups in total. The van der Waals surface area contributed by atoms with Crippen LogP contribution in [0.2, 0.25) is 0 Å². The first-order chi connectivity index (χ1) is 27.3. The van der Waals surface area contributed by atoms with E-state index >= 15 is 0 Å². The van der Waals surface area contributed by atoms with E-state index < -0.39 is 0 Å². The molecule has 2 bridgehead atoms. The number of amides is 2. The fraction of sp³-hybridized carbons (Fsp3) is 0.543.